The molecule has 6 nitrogen and oxygen atoms in total. The van der Waals surface area contributed by atoms with E-state index in [2.05, 4.69) is 4.99 Å². The molecule has 2 rings (SSSR count). The van der Waals surface area contributed by atoms with Crippen LogP contribution in [0.1, 0.15) is 8.22 Å². The van der Waals surface area contributed by atoms with Crippen LogP contribution in [-0.2, 0) is 17.0 Å². The van der Waals surface area contributed by atoms with Crippen molar-refractivity contribution >= 4 is 10.0 Å². The summed E-state index contributed by atoms with van der Waals surface area (Å²) < 4.78 is 82.1. The second-order valence-electron chi connectivity index (χ2n) is 3.64. The summed E-state index contributed by atoms with van der Waals surface area (Å²) in [6, 6.07) is 6.46. The maximum Gasteiger partial charge on any atom is 0.343 e. The smallest absolute Gasteiger partial charge is 0.278 e. The van der Waals surface area contributed by atoms with Gasteiger partial charge in [-0.3, -0.25) is 9.56 Å². The van der Waals surface area contributed by atoms with Crippen molar-refractivity contribution in [2.45, 2.75) is 4.90 Å². The molecule has 106 valence electrons. The zero-order chi connectivity index (χ0) is 19.9. The van der Waals surface area contributed by atoms with Gasteiger partial charge in [-0.15, -0.1) is 0 Å². The number of rotatable bonds is 2. The molecule has 1 aromatic heterocycles. The highest BCUT2D eigenvalue weighted by atomic mass is 32.2. The van der Waals surface area contributed by atoms with Crippen LogP contribution in [0.4, 0.5) is 4.39 Å². The van der Waals surface area contributed by atoms with Gasteiger partial charge in [-0.1, -0.05) is 18.2 Å². The molecule has 0 aliphatic rings. The summed E-state index contributed by atoms with van der Waals surface area (Å²) >= 11 is 0. The first-order valence-electron chi connectivity index (χ1n) is 8.16. The Kier molecular flexibility index (Phi) is 2.06. The van der Waals surface area contributed by atoms with Crippen molar-refractivity contribution in [2.75, 3.05) is 6.98 Å². The third-order valence-corrected chi connectivity index (χ3v) is 4.09. The largest absolute Gasteiger partial charge is 0.343 e. The quantitative estimate of drug-likeness (QED) is 0.789. The lowest BCUT2D eigenvalue weighted by Gasteiger charge is -2.09. The molecular weight excluding hydrogens is 285 g/mol. The van der Waals surface area contributed by atoms with Crippen LogP contribution in [0.3, 0.4) is 0 Å². The molecule has 2 aromatic rings. The number of benzene rings is 1. The van der Waals surface area contributed by atoms with E-state index < -0.39 is 41.0 Å². The lowest BCUT2D eigenvalue weighted by Crippen LogP contribution is -2.42. The minimum absolute atomic E-state index is 0.109. The van der Waals surface area contributed by atoms with E-state index >= 15 is 0 Å². The van der Waals surface area contributed by atoms with Gasteiger partial charge in [0.05, 0.1) is 11.1 Å². The van der Waals surface area contributed by atoms with Crippen molar-refractivity contribution in [3.8, 4) is 0 Å². The van der Waals surface area contributed by atoms with Crippen molar-refractivity contribution in [1.29, 1.82) is 0 Å². The molecule has 20 heavy (non-hydrogen) atoms. The minimum atomic E-state index is -4.62. The molecule has 0 aliphatic heterocycles. The van der Waals surface area contributed by atoms with Crippen LogP contribution >= 0.6 is 0 Å². The molecule has 1 aromatic carbocycles. The molecule has 0 saturated carbocycles. The molecule has 0 saturated heterocycles. The fraction of sp³-hybridized carbons (Fsp3) is 0.167. The van der Waals surface area contributed by atoms with Gasteiger partial charge in [0.25, 0.3) is 10.0 Å². The summed E-state index contributed by atoms with van der Waals surface area (Å²) in [6.45, 7) is -6.53. The number of halogens is 1. The molecule has 0 fully saturated rings. The number of hydrogen-bond donors (Lipinski definition) is 0. The summed E-state index contributed by atoms with van der Waals surface area (Å²) in [7, 11) is -4.62. The first kappa shape index (κ1) is 8.15. The van der Waals surface area contributed by atoms with Gasteiger partial charge in [-0.25, -0.2) is 17.6 Å². The zero-order valence-corrected chi connectivity index (χ0v) is 10.6. The third kappa shape index (κ3) is 2.18. The average Bonchev–Trinajstić information content (AvgIpc) is 2.48. The number of nitrogens with zero attached hydrogens (tertiary/aromatic N) is 3. The summed E-state index contributed by atoms with van der Waals surface area (Å²) in [5.41, 5.74) is -2.98. The zero-order valence-electron chi connectivity index (χ0n) is 15.8. The van der Waals surface area contributed by atoms with E-state index in [0.717, 1.165) is 12.1 Å². The van der Waals surface area contributed by atoms with E-state index in [-0.39, 0.29) is 19.6 Å². The lowest BCUT2D eigenvalue weighted by molar-refractivity contribution is 0.537. The van der Waals surface area contributed by atoms with E-state index in [4.69, 9.17) is 8.22 Å². The second kappa shape index (κ2) is 5.04. The molecule has 0 aliphatic carbocycles. The van der Waals surface area contributed by atoms with Crippen LogP contribution in [0.2, 0.25) is 0 Å². The Bertz CT molecular complexity index is 1050. The van der Waals surface area contributed by atoms with Gasteiger partial charge in [0.15, 0.2) is 11.3 Å². The van der Waals surface area contributed by atoms with E-state index in [1.807, 2.05) is 0 Å². The summed E-state index contributed by atoms with van der Waals surface area (Å²) in [5.74, 6) is -1.60. The first-order chi connectivity index (χ1) is 11.7. The Morgan fingerprint density at radius 1 is 1.30 bits per heavy atom. The molecule has 0 unspecified atom stereocenters. The van der Waals surface area contributed by atoms with Crippen molar-refractivity contribution in [2.24, 2.45) is 12.0 Å². The Morgan fingerprint density at radius 3 is 2.60 bits per heavy atom. The minimum Gasteiger partial charge on any atom is -0.278 e. The van der Waals surface area contributed by atoms with E-state index in [9.17, 15) is 17.6 Å². The maximum absolute atomic E-state index is 14.4. The van der Waals surface area contributed by atoms with Crippen molar-refractivity contribution in [3.63, 3.8) is 0 Å². The predicted molar refractivity (Wildman–Crippen MR) is 70.1 cm³/mol. The second-order valence-corrected chi connectivity index (χ2v) is 5.46. The van der Waals surface area contributed by atoms with Crippen molar-refractivity contribution in [1.82, 2.24) is 8.54 Å². The Morgan fingerprint density at radius 2 is 2.00 bits per heavy atom. The molecule has 0 N–H and O–H groups in total. The van der Waals surface area contributed by atoms with E-state index in [0.29, 0.717) is 0 Å². The predicted octanol–water partition coefficient (Wildman–Crippen LogP) is 0.0934. The maximum atomic E-state index is 14.4. The van der Waals surface area contributed by atoms with Gasteiger partial charge >= 0.3 is 5.69 Å². The standard InChI is InChI=1S/C12H12FN3O3S/c1-14-11-10(13)8-16(12(17)15(11)2)20(18,19)9-6-4-3-5-7-9/h3-8H,1-2H3/i1D3,2D3. The summed E-state index contributed by atoms with van der Waals surface area (Å²) in [6.07, 6.45) is 0.192. The first-order valence-corrected chi connectivity index (χ1v) is 6.60. The van der Waals surface area contributed by atoms with Gasteiger partial charge in [0.1, 0.15) is 0 Å². The fourth-order valence-electron chi connectivity index (χ4n) is 1.49. The van der Waals surface area contributed by atoms with Crippen LogP contribution < -0.4 is 11.2 Å². The molecule has 0 atom stereocenters. The molecule has 0 radical (unpaired) electrons. The molecule has 0 spiro atoms. The van der Waals surface area contributed by atoms with Gasteiger partial charge in [0.2, 0.25) is 0 Å². The molecule has 1 heterocycles. The third-order valence-electron chi connectivity index (χ3n) is 2.44. The average molecular weight is 303 g/mol. The normalized spacial score (nSPS) is 18.4. The van der Waals surface area contributed by atoms with Gasteiger partial charge < -0.3 is 0 Å². The van der Waals surface area contributed by atoms with Crippen molar-refractivity contribution in [3.05, 3.63) is 58.3 Å². The Hall–Kier alpha value is -2.22. The van der Waals surface area contributed by atoms with Gasteiger partial charge in [0, 0.05) is 22.2 Å². The molecule has 0 bridgehead atoms. The Balaban J connectivity index is 2.97. The highest BCUT2D eigenvalue weighted by Gasteiger charge is 2.20. The fourth-order valence-corrected chi connectivity index (χ4v) is 2.74. The highest BCUT2D eigenvalue weighted by molar-refractivity contribution is 7.90. The number of aromatic nitrogens is 2. The van der Waals surface area contributed by atoms with Crippen LogP contribution in [0.15, 0.2) is 51.2 Å². The molecule has 8 heteroatoms. The van der Waals surface area contributed by atoms with E-state index in [1.165, 1.54) is 18.2 Å². The molecule has 0 amide bonds. The monoisotopic (exact) mass is 303 g/mol. The summed E-state index contributed by atoms with van der Waals surface area (Å²) in [4.78, 5) is 15.0. The van der Waals surface area contributed by atoms with Crippen LogP contribution in [0, 0.1) is 5.82 Å². The van der Waals surface area contributed by atoms with Crippen molar-refractivity contribution < 1.29 is 21.0 Å². The summed E-state index contributed by atoms with van der Waals surface area (Å²) in [5, 5.41) is 0. The topological polar surface area (TPSA) is 73.4 Å². The SMILES string of the molecule is [2H]C([2H])([2H])N=c1c(F)cn(S(=O)(=O)c2ccccc2)c(=O)n1C([2H])([2H])[2H]. The van der Waals surface area contributed by atoms with Gasteiger partial charge in [-0.2, -0.15) is 3.97 Å². The number of hydrogen-bond acceptors (Lipinski definition) is 4. The highest BCUT2D eigenvalue weighted by Crippen LogP contribution is 2.10. The van der Waals surface area contributed by atoms with Crippen LogP contribution in [0.25, 0.3) is 0 Å². The molecular formula is C12H12FN3O3S. The Labute approximate surface area is 122 Å². The lowest BCUT2D eigenvalue weighted by atomic mass is 10.4. The van der Waals surface area contributed by atoms with Crippen LogP contribution in [-0.4, -0.2) is 23.9 Å². The van der Waals surface area contributed by atoms with E-state index in [1.54, 1.807) is 0 Å². The van der Waals surface area contributed by atoms with Gasteiger partial charge in [-0.05, 0) is 12.1 Å². The van der Waals surface area contributed by atoms with Crippen LogP contribution in [0.5, 0.6) is 0 Å².